The van der Waals surface area contributed by atoms with E-state index < -0.39 is 10.0 Å². The number of nitrogens with one attached hydrogen (secondary N) is 1. The van der Waals surface area contributed by atoms with Gasteiger partial charge in [-0.25, -0.2) is 13.6 Å². The van der Waals surface area contributed by atoms with Crippen molar-refractivity contribution in [1.82, 2.24) is 0 Å². The molecule has 2 heterocycles. The zero-order valence-corrected chi connectivity index (χ0v) is 16.4. The number of sulfonamides is 1. The molecule has 0 spiro atoms. The van der Waals surface area contributed by atoms with Crippen LogP contribution in [0.25, 0.3) is 23.0 Å². The molecule has 0 fully saturated rings. The summed E-state index contributed by atoms with van der Waals surface area (Å²) >= 11 is 12.0. The Labute approximate surface area is 170 Å². The lowest BCUT2D eigenvalue weighted by Gasteiger charge is -2.02. The fourth-order valence-corrected chi connectivity index (χ4v) is 3.70. The van der Waals surface area contributed by atoms with E-state index in [9.17, 15) is 13.2 Å². The van der Waals surface area contributed by atoms with E-state index in [0.29, 0.717) is 32.8 Å². The number of anilines is 1. The van der Waals surface area contributed by atoms with Gasteiger partial charge in [-0.15, -0.1) is 0 Å². The summed E-state index contributed by atoms with van der Waals surface area (Å²) < 4.78 is 29.0. The number of nitrogens with two attached hydrogens (primary N) is 1. The monoisotopic (exact) mass is 434 g/mol. The van der Waals surface area contributed by atoms with Crippen molar-refractivity contribution in [2.45, 2.75) is 4.90 Å². The van der Waals surface area contributed by atoms with Crippen LogP contribution in [-0.4, -0.2) is 14.3 Å². The molecule has 1 aliphatic heterocycles. The van der Waals surface area contributed by atoms with Crippen LogP contribution in [0.1, 0.15) is 11.3 Å². The minimum atomic E-state index is -3.89. The fourth-order valence-electron chi connectivity index (χ4n) is 2.86. The van der Waals surface area contributed by atoms with Gasteiger partial charge in [0.05, 0.1) is 20.5 Å². The Hall–Kier alpha value is -2.58. The molecule has 1 amide bonds. The molecule has 0 unspecified atom stereocenters. The van der Waals surface area contributed by atoms with Gasteiger partial charge in [0.25, 0.3) is 5.91 Å². The number of rotatable bonds is 3. The third kappa shape index (κ3) is 3.45. The molecule has 28 heavy (non-hydrogen) atoms. The van der Waals surface area contributed by atoms with Gasteiger partial charge in [-0.3, -0.25) is 4.79 Å². The predicted octanol–water partition coefficient (Wildman–Crippen LogP) is 4.39. The molecule has 0 aliphatic carbocycles. The molecule has 9 heteroatoms. The molecule has 3 aromatic rings. The van der Waals surface area contributed by atoms with Gasteiger partial charge < -0.3 is 9.73 Å². The first-order valence-electron chi connectivity index (χ1n) is 7.98. The lowest BCUT2D eigenvalue weighted by Crippen LogP contribution is -2.12. The molecule has 2 aromatic carbocycles. The van der Waals surface area contributed by atoms with Crippen molar-refractivity contribution in [3.63, 3.8) is 0 Å². The second-order valence-electron chi connectivity index (χ2n) is 6.10. The number of halogens is 2. The van der Waals surface area contributed by atoms with Crippen molar-refractivity contribution in [3.05, 3.63) is 69.9 Å². The van der Waals surface area contributed by atoms with E-state index >= 15 is 0 Å². The fraction of sp³-hybridized carbons (Fsp3) is 0. The van der Waals surface area contributed by atoms with Crippen molar-refractivity contribution in [3.8, 4) is 11.3 Å². The molecule has 0 saturated carbocycles. The SMILES string of the molecule is NS(=O)(=O)c1ccc2c(c1)/C(=C/c1ccc(-c3ccc(Cl)c(Cl)c3)o1)C(=O)N2. The number of furan rings is 1. The maximum atomic E-state index is 12.3. The molecule has 3 N–H and O–H groups in total. The second-order valence-corrected chi connectivity index (χ2v) is 8.47. The highest BCUT2D eigenvalue weighted by Gasteiger charge is 2.26. The van der Waals surface area contributed by atoms with Crippen LogP contribution in [0.15, 0.2) is 57.8 Å². The lowest BCUT2D eigenvalue weighted by molar-refractivity contribution is -0.110. The Kier molecular flexibility index (Phi) is 4.55. The van der Waals surface area contributed by atoms with E-state index in [1.807, 2.05) is 0 Å². The third-order valence-electron chi connectivity index (χ3n) is 4.22. The highest BCUT2D eigenvalue weighted by Crippen LogP contribution is 2.36. The first kappa shape index (κ1) is 18.8. The molecule has 1 aromatic heterocycles. The van der Waals surface area contributed by atoms with Gasteiger partial charge in [-0.1, -0.05) is 23.2 Å². The minimum absolute atomic E-state index is 0.0791. The minimum Gasteiger partial charge on any atom is -0.457 e. The van der Waals surface area contributed by atoms with Crippen LogP contribution in [0.3, 0.4) is 0 Å². The maximum Gasteiger partial charge on any atom is 0.256 e. The average Bonchev–Trinajstić information content (AvgIpc) is 3.21. The summed E-state index contributed by atoms with van der Waals surface area (Å²) in [5, 5.41) is 8.70. The van der Waals surface area contributed by atoms with Crippen LogP contribution in [0.5, 0.6) is 0 Å². The quantitative estimate of drug-likeness (QED) is 0.596. The molecule has 0 atom stereocenters. The maximum absolute atomic E-state index is 12.3. The van der Waals surface area contributed by atoms with Crippen LogP contribution in [-0.2, 0) is 14.8 Å². The van der Waals surface area contributed by atoms with Crippen molar-refractivity contribution >= 4 is 56.5 Å². The molecule has 0 bridgehead atoms. The van der Waals surface area contributed by atoms with Gasteiger partial charge >= 0.3 is 0 Å². The molecular formula is C19H12Cl2N2O4S. The van der Waals surface area contributed by atoms with Gasteiger partial charge in [0, 0.05) is 16.8 Å². The third-order valence-corrected chi connectivity index (χ3v) is 5.87. The van der Waals surface area contributed by atoms with Gasteiger partial charge in [0.1, 0.15) is 11.5 Å². The highest BCUT2D eigenvalue weighted by molar-refractivity contribution is 7.89. The normalized spacial score (nSPS) is 15.0. The smallest absolute Gasteiger partial charge is 0.256 e. The van der Waals surface area contributed by atoms with E-state index in [1.54, 1.807) is 30.3 Å². The zero-order valence-electron chi connectivity index (χ0n) is 14.1. The molecule has 142 valence electrons. The molecular weight excluding hydrogens is 423 g/mol. The summed E-state index contributed by atoms with van der Waals surface area (Å²) in [6.45, 7) is 0. The number of benzene rings is 2. The van der Waals surface area contributed by atoms with E-state index in [-0.39, 0.29) is 16.4 Å². The number of hydrogen-bond acceptors (Lipinski definition) is 4. The average molecular weight is 435 g/mol. The van der Waals surface area contributed by atoms with Crippen molar-refractivity contribution in [2.75, 3.05) is 5.32 Å². The molecule has 0 saturated heterocycles. The second kappa shape index (κ2) is 6.79. The predicted molar refractivity (Wildman–Crippen MR) is 108 cm³/mol. The molecule has 1 aliphatic rings. The zero-order chi connectivity index (χ0) is 20.1. The van der Waals surface area contributed by atoms with Gasteiger partial charge in [-0.2, -0.15) is 0 Å². The van der Waals surface area contributed by atoms with Crippen LogP contribution >= 0.6 is 23.2 Å². The standard InChI is InChI=1S/C19H12Cl2N2O4S/c20-15-4-1-10(7-16(15)21)18-6-2-11(27-18)8-14-13-9-12(28(22,25)26)3-5-17(13)23-19(14)24/h1-9H,(H,23,24)(H2,22,25,26)/b14-8-. The van der Waals surface area contributed by atoms with E-state index in [4.69, 9.17) is 32.8 Å². The molecule has 0 radical (unpaired) electrons. The number of fused-ring (bicyclic) bond motifs is 1. The van der Waals surface area contributed by atoms with Gasteiger partial charge in [-0.05, 0) is 54.6 Å². The van der Waals surface area contributed by atoms with Crippen LogP contribution in [0.2, 0.25) is 10.0 Å². The summed E-state index contributed by atoms with van der Waals surface area (Å²) in [7, 11) is -3.89. The summed E-state index contributed by atoms with van der Waals surface area (Å²) in [6.07, 6.45) is 1.54. The number of carbonyl (C=O) groups excluding carboxylic acids is 1. The van der Waals surface area contributed by atoms with E-state index in [0.717, 1.165) is 5.56 Å². The van der Waals surface area contributed by atoms with E-state index in [2.05, 4.69) is 5.32 Å². The number of hydrogen-bond donors (Lipinski definition) is 2. The van der Waals surface area contributed by atoms with Crippen LogP contribution in [0, 0.1) is 0 Å². The Balaban J connectivity index is 1.74. The lowest BCUT2D eigenvalue weighted by atomic mass is 10.1. The molecule has 4 rings (SSSR count). The Morgan fingerprint density at radius 2 is 1.79 bits per heavy atom. The first-order valence-corrected chi connectivity index (χ1v) is 10.3. The summed E-state index contributed by atoms with van der Waals surface area (Å²) in [5.41, 5.74) is 1.94. The van der Waals surface area contributed by atoms with Crippen molar-refractivity contribution in [2.24, 2.45) is 5.14 Å². The number of amides is 1. The van der Waals surface area contributed by atoms with Crippen LogP contribution in [0.4, 0.5) is 5.69 Å². The first-order chi connectivity index (χ1) is 13.2. The van der Waals surface area contributed by atoms with Crippen molar-refractivity contribution < 1.29 is 17.6 Å². The van der Waals surface area contributed by atoms with E-state index in [1.165, 1.54) is 24.3 Å². The van der Waals surface area contributed by atoms with Crippen molar-refractivity contribution in [1.29, 1.82) is 0 Å². The van der Waals surface area contributed by atoms with Gasteiger partial charge in [0.15, 0.2) is 0 Å². The Bertz CT molecular complexity index is 1260. The largest absolute Gasteiger partial charge is 0.457 e. The van der Waals surface area contributed by atoms with Crippen LogP contribution < -0.4 is 10.5 Å². The summed E-state index contributed by atoms with van der Waals surface area (Å²) in [6, 6.07) is 12.7. The summed E-state index contributed by atoms with van der Waals surface area (Å²) in [4.78, 5) is 12.2. The molecule has 6 nitrogen and oxygen atoms in total. The highest BCUT2D eigenvalue weighted by atomic mass is 35.5. The number of primary sulfonamides is 1. The topological polar surface area (TPSA) is 102 Å². The van der Waals surface area contributed by atoms with Gasteiger partial charge in [0.2, 0.25) is 10.0 Å². The Morgan fingerprint density at radius 3 is 2.50 bits per heavy atom. The Morgan fingerprint density at radius 1 is 1.00 bits per heavy atom. The summed E-state index contributed by atoms with van der Waals surface area (Å²) in [5.74, 6) is 0.594. The number of carbonyl (C=O) groups is 1.